The molecule has 0 radical (unpaired) electrons. The summed E-state index contributed by atoms with van der Waals surface area (Å²) in [6.45, 7) is 3.55. The third-order valence-electron chi connectivity index (χ3n) is 2.12. The quantitative estimate of drug-likeness (QED) is 0.362. The first kappa shape index (κ1) is 13.9. The third-order valence-corrected chi connectivity index (χ3v) is 2.12. The fourth-order valence-electron chi connectivity index (χ4n) is 1.22. The zero-order valence-electron chi connectivity index (χ0n) is 10.5. The largest absolute Gasteiger partial charge is 0.461 e. The van der Waals surface area contributed by atoms with Crippen molar-refractivity contribution >= 4 is 23.2 Å². The summed E-state index contributed by atoms with van der Waals surface area (Å²) in [6.07, 6.45) is 0.202. The topological polar surface area (TPSA) is 67.8 Å². The van der Waals surface area contributed by atoms with Crippen molar-refractivity contribution in [1.29, 1.82) is 0 Å². The van der Waals surface area contributed by atoms with Gasteiger partial charge in [0.25, 0.3) is 0 Å². The molecule has 0 spiro atoms. The van der Waals surface area contributed by atoms with Crippen LogP contribution in [-0.4, -0.2) is 24.1 Å². The minimum Gasteiger partial charge on any atom is -0.461 e. The van der Waals surface area contributed by atoms with E-state index in [-0.39, 0.29) is 24.5 Å². The molecule has 1 rings (SSSR count). The van der Waals surface area contributed by atoms with Crippen LogP contribution in [0.25, 0.3) is 0 Å². The lowest BCUT2D eigenvalue weighted by Gasteiger charge is -2.05. The molecule has 18 heavy (non-hydrogen) atoms. The summed E-state index contributed by atoms with van der Waals surface area (Å²) >= 11 is 0. The van der Waals surface area contributed by atoms with Gasteiger partial charge < -0.3 is 4.74 Å². The van der Waals surface area contributed by atoms with Crippen LogP contribution in [0.1, 0.15) is 20.3 Å². The number of ketones is 1. The number of carbonyl (C=O) groups is 2. The molecule has 0 aliphatic heterocycles. The molecule has 1 N–H and O–H groups in total. The van der Waals surface area contributed by atoms with Crippen LogP contribution in [0.2, 0.25) is 0 Å². The lowest BCUT2D eigenvalue weighted by atomic mass is 10.2. The van der Waals surface area contributed by atoms with Crippen LogP contribution in [-0.2, 0) is 14.3 Å². The number of esters is 1. The van der Waals surface area contributed by atoms with E-state index in [0.717, 1.165) is 0 Å². The summed E-state index contributed by atoms with van der Waals surface area (Å²) in [5, 5.41) is 3.83. The van der Waals surface area contributed by atoms with Crippen LogP contribution < -0.4 is 5.43 Å². The fourth-order valence-corrected chi connectivity index (χ4v) is 1.22. The van der Waals surface area contributed by atoms with Crippen molar-refractivity contribution in [3.8, 4) is 0 Å². The zero-order valence-corrected chi connectivity index (χ0v) is 10.5. The van der Waals surface area contributed by atoms with Crippen LogP contribution in [0.5, 0.6) is 0 Å². The molecule has 0 fully saturated rings. The highest BCUT2D eigenvalue weighted by molar-refractivity contribution is 6.64. The normalized spacial score (nSPS) is 10.9. The number of nitrogens with one attached hydrogen (secondary N) is 1. The molecule has 0 amide bonds. The maximum Gasteiger partial charge on any atom is 0.362 e. The average molecular weight is 248 g/mol. The van der Waals surface area contributed by atoms with Gasteiger partial charge in [0.15, 0.2) is 5.78 Å². The van der Waals surface area contributed by atoms with E-state index in [4.69, 9.17) is 4.74 Å². The van der Waals surface area contributed by atoms with Gasteiger partial charge in [0.2, 0.25) is 5.71 Å². The first-order chi connectivity index (χ1) is 8.69. The van der Waals surface area contributed by atoms with E-state index in [1.54, 1.807) is 26.0 Å². The van der Waals surface area contributed by atoms with Gasteiger partial charge in [-0.25, -0.2) is 4.79 Å². The molecule has 0 aliphatic carbocycles. The Kier molecular flexibility index (Phi) is 5.57. The molecule has 0 atom stereocenters. The Labute approximate surface area is 106 Å². The van der Waals surface area contributed by atoms with Gasteiger partial charge in [-0.3, -0.25) is 10.2 Å². The summed E-state index contributed by atoms with van der Waals surface area (Å²) in [7, 11) is 0. The molecule has 96 valence electrons. The van der Waals surface area contributed by atoms with Crippen LogP contribution in [0.3, 0.4) is 0 Å². The van der Waals surface area contributed by atoms with Crippen LogP contribution in [0, 0.1) is 0 Å². The number of anilines is 1. The van der Waals surface area contributed by atoms with Gasteiger partial charge in [-0.15, -0.1) is 0 Å². The van der Waals surface area contributed by atoms with E-state index in [9.17, 15) is 9.59 Å². The molecule has 0 bridgehead atoms. The summed E-state index contributed by atoms with van der Waals surface area (Å²) in [5.41, 5.74) is 3.16. The van der Waals surface area contributed by atoms with E-state index < -0.39 is 5.97 Å². The smallest absolute Gasteiger partial charge is 0.362 e. The van der Waals surface area contributed by atoms with Gasteiger partial charge in [0.05, 0.1) is 12.3 Å². The number of para-hydroxylation sites is 1. The predicted molar refractivity (Wildman–Crippen MR) is 69.4 cm³/mol. The fraction of sp³-hybridized carbons (Fsp3) is 0.308. The Hall–Kier alpha value is -2.17. The molecule has 0 saturated heterocycles. The molecule has 0 unspecified atom stereocenters. The second-order valence-electron chi connectivity index (χ2n) is 3.44. The zero-order chi connectivity index (χ0) is 13.4. The lowest BCUT2D eigenvalue weighted by molar-refractivity contribution is -0.135. The van der Waals surface area contributed by atoms with Gasteiger partial charge in [-0.1, -0.05) is 25.1 Å². The average Bonchev–Trinajstić information content (AvgIpc) is 2.40. The molecule has 5 nitrogen and oxygen atoms in total. The van der Waals surface area contributed by atoms with Gasteiger partial charge in [0.1, 0.15) is 0 Å². The van der Waals surface area contributed by atoms with E-state index in [1.807, 2.05) is 18.2 Å². The number of hydrazone groups is 1. The van der Waals surface area contributed by atoms with Crippen LogP contribution in [0.4, 0.5) is 5.69 Å². The number of rotatable bonds is 6. The summed E-state index contributed by atoms with van der Waals surface area (Å²) in [5.74, 6) is -1.05. The third kappa shape index (κ3) is 4.01. The van der Waals surface area contributed by atoms with Gasteiger partial charge in [-0.05, 0) is 19.1 Å². The number of nitrogens with zero attached hydrogens (tertiary/aromatic N) is 1. The molecule has 0 aliphatic rings. The Balaban J connectivity index is 2.83. The Morgan fingerprint density at radius 2 is 1.89 bits per heavy atom. The maximum absolute atomic E-state index is 11.6. The monoisotopic (exact) mass is 248 g/mol. The van der Waals surface area contributed by atoms with Crippen molar-refractivity contribution in [3.05, 3.63) is 30.3 Å². The Morgan fingerprint density at radius 1 is 1.22 bits per heavy atom. The Morgan fingerprint density at radius 3 is 2.44 bits per heavy atom. The van der Waals surface area contributed by atoms with Crippen LogP contribution in [0.15, 0.2) is 35.4 Å². The van der Waals surface area contributed by atoms with Crippen molar-refractivity contribution in [2.45, 2.75) is 20.3 Å². The second-order valence-corrected chi connectivity index (χ2v) is 3.44. The molecule has 0 aromatic heterocycles. The minimum atomic E-state index is -0.701. The highest BCUT2D eigenvalue weighted by Crippen LogP contribution is 2.05. The number of carbonyl (C=O) groups excluding carboxylic acids is 2. The SMILES string of the molecule is CCOC(=O)C(=NNc1ccccc1)C(=O)CC. The number of hydrogen-bond donors (Lipinski definition) is 1. The highest BCUT2D eigenvalue weighted by atomic mass is 16.5. The van der Waals surface area contributed by atoms with Crippen LogP contribution >= 0.6 is 0 Å². The van der Waals surface area contributed by atoms with Gasteiger partial charge >= 0.3 is 5.97 Å². The first-order valence-corrected chi connectivity index (χ1v) is 5.78. The van der Waals surface area contributed by atoms with Crippen molar-refractivity contribution < 1.29 is 14.3 Å². The summed E-state index contributed by atoms with van der Waals surface area (Å²) in [4.78, 5) is 23.1. The first-order valence-electron chi connectivity index (χ1n) is 5.78. The number of hydrogen-bond acceptors (Lipinski definition) is 5. The van der Waals surface area contributed by atoms with E-state index >= 15 is 0 Å². The van der Waals surface area contributed by atoms with Crippen molar-refractivity contribution in [1.82, 2.24) is 0 Å². The molecule has 5 heteroatoms. The second kappa shape index (κ2) is 7.21. The predicted octanol–water partition coefficient (Wildman–Crippen LogP) is 2.00. The van der Waals surface area contributed by atoms with Crippen molar-refractivity contribution in [2.24, 2.45) is 5.10 Å². The molecule has 0 saturated carbocycles. The van der Waals surface area contributed by atoms with E-state index in [1.165, 1.54) is 0 Å². The van der Waals surface area contributed by atoms with Crippen molar-refractivity contribution in [3.63, 3.8) is 0 Å². The number of Topliss-reactive ketones (excluding diaryl/α,β-unsaturated/α-hetero) is 1. The lowest BCUT2D eigenvalue weighted by Crippen LogP contribution is -2.27. The highest BCUT2D eigenvalue weighted by Gasteiger charge is 2.20. The molecule has 1 aromatic rings. The standard InChI is InChI=1S/C13H16N2O3/c1-3-11(16)12(13(17)18-4-2)15-14-10-8-6-5-7-9-10/h5-9,14H,3-4H2,1-2H3. The Bertz CT molecular complexity index is 441. The van der Waals surface area contributed by atoms with Gasteiger partial charge in [0, 0.05) is 6.42 Å². The van der Waals surface area contributed by atoms with E-state index in [0.29, 0.717) is 5.69 Å². The molecular weight excluding hydrogens is 232 g/mol. The number of ether oxygens (including phenoxy) is 1. The van der Waals surface area contributed by atoms with Crippen molar-refractivity contribution in [2.75, 3.05) is 12.0 Å². The molecule has 0 heterocycles. The maximum atomic E-state index is 11.6. The summed E-state index contributed by atoms with van der Waals surface area (Å²) < 4.78 is 4.78. The number of benzene rings is 1. The molecular formula is C13H16N2O3. The van der Waals surface area contributed by atoms with Gasteiger partial charge in [-0.2, -0.15) is 5.10 Å². The molecule has 1 aromatic carbocycles. The van der Waals surface area contributed by atoms with E-state index in [2.05, 4.69) is 10.5 Å². The minimum absolute atomic E-state index is 0.202. The summed E-state index contributed by atoms with van der Waals surface area (Å²) in [6, 6.07) is 9.07.